The van der Waals surface area contributed by atoms with Crippen LogP contribution in [0.4, 0.5) is 26.3 Å². The molecule has 0 N–H and O–H groups in total. The predicted octanol–water partition coefficient (Wildman–Crippen LogP) is 6.40. The van der Waals surface area contributed by atoms with Gasteiger partial charge in [0, 0.05) is 18.0 Å². The van der Waals surface area contributed by atoms with Crippen LogP contribution in [0.5, 0.6) is 0 Å². The van der Waals surface area contributed by atoms with Crippen molar-refractivity contribution in [3.63, 3.8) is 0 Å². The van der Waals surface area contributed by atoms with E-state index in [2.05, 4.69) is 20.5 Å². The topological polar surface area (TPSA) is 91.6 Å². The van der Waals surface area contributed by atoms with Crippen molar-refractivity contribution in [3.8, 4) is 17.1 Å². The van der Waals surface area contributed by atoms with E-state index in [0.29, 0.717) is 17.7 Å². The first-order valence-corrected chi connectivity index (χ1v) is 11.7. The predicted molar refractivity (Wildman–Crippen MR) is 128 cm³/mol. The Balaban J connectivity index is 1.63. The molecule has 5 rings (SSSR count). The highest BCUT2D eigenvalue weighted by Gasteiger charge is 2.37. The van der Waals surface area contributed by atoms with Crippen LogP contribution in [0.1, 0.15) is 38.4 Å². The second-order valence-electron chi connectivity index (χ2n) is 8.58. The molecule has 0 saturated carbocycles. The number of hydrogen-bond donors (Lipinski definition) is 0. The van der Waals surface area contributed by atoms with E-state index in [9.17, 15) is 31.1 Å². The molecule has 0 bridgehead atoms. The number of rotatable bonds is 6. The number of imidazole rings is 1. The molecule has 0 fully saturated rings. The van der Waals surface area contributed by atoms with Crippen LogP contribution in [0, 0.1) is 6.92 Å². The number of benzene rings is 2. The minimum Gasteiger partial charge on any atom is -0.355 e. The van der Waals surface area contributed by atoms with Crippen molar-refractivity contribution in [2.75, 3.05) is 0 Å². The van der Waals surface area contributed by atoms with Gasteiger partial charge in [0.25, 0.3) is 0 Å². The van der Waals surface area contributed by atoms with Gasteiger partial charge < -0.3 is 4.52 Å². The summed E-state index contributed by atoms with van der Waals surface area (Å²) in [5, 5.41) is 12.0. The van der Waals surface area contributed by atoms with Gasteiger partial charge in [0.15, 0.2) is 17.3 Å². The summed E-state index contributed by atoms with van der Waals surface area (Å²) in [6.45, 7) is 0.931. The van der Waals surface area contributed by atoms with Crippen LogP contribution in [0.25, 0.3) is 17.1 Å². The van der Waals surface area contributed by atoms with Crippen LogP contribution in [0.3, 0.4) is 0 Å². The molecule has 3 heterocycles. The lowest BCUT2D eigenvalue weighted by molar-refractivity contribution is -0.143. The summed E-state index contributed by atoms with van der Waals surface area (Å²) in [5.74, 6) is -0.727. The van der Waals surface area contributed by atoms with Crippen molar-refractivity contribution in [3.05, 3.63) is 99.8 Å². The van der Waals surface area contributed by atoms with E-state index in [1.165, 1.54) is 30.2 Å². The number of carbonyl (C=O) groups excluding carboxylic acids is 1. The van der Waals surface area contributed by atoms with Gasteiger partial charge in [-0.3, -0.25) is 9.36 Å². The summed E-state index contributed by atoms with van der Waals surface area (Å²) in [4.78, 5) is 17.7. The van der Waals surface area contributed by atoms with E-state index < -0.39 is 35.8 Å². The zero-order chi connectivity index (χ0) is 28.8. The molecule has 15 heteroatoms. The quantitative estimate of drug-likeness (QED) is 0.171. The molecule has 206 valence electrons. The fraction of sp³-hybridized carbons (Fsp3) is 0.160. The number of nitrogens with zero attached hydrogens (tertiary/aromatic N) is 6. The normalized spacial score (nSPS) is 12.2. The molecule has 0 aliphatic rings. The first-order valence-electron chi connectivity index (χ1n) is 11.3. The minimum absolute atomic E-state index is 0.0000539. The smallest absolute Gasteiger partial charge is 0.355 e. The molecular weight excluding hydrogens is 566 g/mol. The van der Waals surface area contributed by atoms with Crippen LogP contribution < -0.4 is 0 Å². The highest BCUT2D eigenvalue weighted by Crippen LogP contribution is 2.37. The largest absolute Gasteiger partial charge is 0.416 e. The summed E-state index contributed by atoms with van der Waals surface area (Å²) < 4.78 is 88.1. The van der Waals surface area contributed by atoms with Crippen molar-refractivity contribution in [2.24, 2.45) is 0 Å². The Hall–Kier alpha value is -4.46. The second-order valence-corrected chi connectivity index (χ2v) is 8.99. The van der Waals surface area contributed by atoms with Crippen LogP contribution in [0.15, 0.2) is 65.7 Å². The fourth-order valence-electron chi connectivity index (χ4n) is 4.07. The molecule has 0 saturated heterocycles. The van der Waals surface area contributed by atoms with Crippen LogP contribution in [0.2, 0.25) is 5.02 Å². The molecule has 0 spiro atoms. The first-order chi connectivity index (χ1) is 18.8. The molecule has 0 radical (unpaired) electrons. The molecule has 40 heavy (non-hydrogen) atoms. The van der Waals surface area contributed by atoms with Crippen molar-refractivity contribution >= 4 is 17.4 Å². The minimum atomic E-state index is -5.03. The number of hydrogen-bond acceptors (Lipinski definition) is 6. The third-order valence-electron chi connectivity index (χ3n) is 5.86. The Labute approximate surface area is 225 Å². The fourth-order valence-corrected chi connectivity index (χ4v) is 4.29. The molecule has 0 unspecified atom stereocenters. The Bertz CT molecular complexity index is 1670. The van der Waals surface area contributed by atoms with E-state index in [0.717, 1.165) is 4.68 Å². The second kappa shape index (κ2) is 9.93. The Morgan fingerprint density at radius 2 is 1.70 bits per heavy atom. The summed E-state index contributed by atoms with van der Waals surface area (Å²) >= 11 is 6.28. The van der Waals surface area contributed by atoms with Crippen molar-refractivity contribution in [1.29, 1.82) is 0 Å². The third kappa shape index (κ3) is 5.09. The van der Waals surface area contributed by atoms with Gasteiger partial charge in [0.1, 0.15) is 6.33 Å². The number of carbonyl (C=O) groups is 1. The zero-order valence-corrected chi connectivity index (χ0v) is 20.9. The Kier molecular flexibility index (Phi) is 6.74. The molecule has 0 aliphatic heterocycles. The number of alkyl halides is 6. The number of ketones is 1. The van der Waals surface area contributed by atoms with E-state index in [-0.39, 0.29) is 45.2 Å². The van der Waals surface area contributed by atoms with Gasteiger partial charge in [0.2, 0.25) is 5.78 Å². The van der Waals surface area contributed by atoms with E-state index >= 15 is 0 Å². The SMILES string of the molecule is Cc1noc(-c2ccccc2Cl)c1C(=O)c1nnn(Cc2cc(C(F)(F)F)cc(C(F)(F)F)c2)c1-n1ccnc1. The monoisotopic (exact) mass is 580 g/mol. The lowest BCUT2D eigenvalue weighted by Gasteiger charge is -2.15. The van der Waals surface area contributed by atoms with Gasteiger partial charge in [-0.2, -0.15) is 26.3 Å². The molecule has 2 aromatic carbocycles. The molecule has 0 aliphatic carbocycles. The van der Waals surface area contributed by atoms with Crippen molar-refractivity contribution < 1.29 is 35.7 Å². The van der Waals surface area contributed by atoms with Gasteiger partial charge in [-0.1, -0.05) is 34.1 Å². The van der Waals surface area contributed by atoms with Crippen molar-refractivity contribution in [1.82, 2.24) is 29.7 Å². The maximum absolute atomic E-state index is 13.8. The molecule has 3 aromatic heterocycles. The Morgan fingerprint density at radius 1 is 1.02 bits per heavy atom. The van der Waals surface area contributed by atoms with Gasteiger partial charge in [-0.25, -0.2) is 9.67 Å². The molecule has 0 atom stereocenters. The molecule has 8 nitrogen and oxygen atoms in total. The highest BCUT2D eigenvalue weighted by molar-refractivity contribution is 6.33. The summed E-state index contributed by atoms with van der Waals surface area (Å²) in [6, 6.07) is 7.73. The van der Waals surface area contributed by atoms with E-state index in [1.807, 2.05) is 0 Å². The summed E-state index contributed by atoms with van der Waals surface area (Å²) in [7, 11) is 0. The number of halogens is 7. The van der Waals surface area contributed by atoms with E-state index in [1.54, 1.807) is 24.3 Å². The average Bonchev–Trinajstić information content (AvgIpc) is 3.63. The highest BCUT2D eigenvalue weighted by atomic mass is 35.5. The van der Waals surface area contributed by atoms with Crippen LogP contribution in [-0.2, 0) is 18.9 Å². The van der Waals surface area contributed by atoms with Gasteiger partial charge in [0.05, 0.1) is 34.0 Å². The van der Waals surface area contributed by atoms with Gasteiger partial charge in [-0.15, -0.1) is 5.10 Å². The lowest BCUT2D eigenvalue weighted by Crippen LogP contribution is -2.15. The molecule has 0 amide bonds. The average molecular weight is 581 g/mol. The standard InChI is InChI=1S/C25H15ClF6N6O2/c1-13-19(22(40-35-13)17-4-2-3-5-18(17)26)21(39)20-23(37-7-6-33-12-37)38(36-34-20)11-14-8-15(24(27,28)29)10-16(9-14)25(30,31)32/h2-10,12H,11H2,1H3. The number of aryl methyl sites for hydroxylation is 1. The van der Waals surface area contributed by atoms with Gasteiger partial charge >= 0.3 is 12.4 Å². The molecular formula is C25H15ClF6N6O2. The maximum atomic E-state index is 13.8. The first kappa shape index (κ1) is 27.1. The zero-order valence-electron chi connectivity index (χ0n) is 20.1. The molecule has 5 aromatic rings. The maximum Gasteiger partial charge on any atom is 0.416 e. The lowest BCUT2D eigenvalue weighted by atomic mass is 10.0. The Morgan fingerprint density at radius 3 is 2.30 bits per heavy atom. The van der Waals surface area contributed by atoms with E-state index in [4.69, 9.17) is 16.1 Å². The van der Waals surface area contributed by atoms with Crippen molar-refractivity contribution in [2.45, 2.75) is 25.8 Å². The summed E-state index contributed by atoms with van der Waals surface area (Å²) in [5.41, 5.74) is -3.05. The summed E-state index contributed by atoms with van der Waals surface area (Å²) in [6.07, 6.45) is -6.03. The number of aromatic nitrogens is 6. The third-order valence-corrected chi connectivity index (χ3v) is 6.19. The van der Waals surface area contributed by atoms with Crippen LogP contribution in [-0.4, -0.2) is 35.5 Å². The van der Waals surface area contributed by atoms with Gasteiger partial charge in [-0.05, 0) is 42.8 Å². The van der Waals surface area contributed by atoms with Crippen LogP contribution >= 0.6 is 11.6 Å².